The van der Waals surface area contributed by atoms with E-state index in [0.717, 1.165) is 4.31 Å². The molecule has 0 aliphatic carbocycles. The second-order valence-corrected chi connectivity index (χ2v) is 6.25. The Kier molecular flexibility index (Phi) is 4.74. The van der Waals surface area contributed by atoms with Gasteiger partial charge >= 0.3 is 15.5 Å². The highest BCUT2D eigenvalue weighted by Gasteiger charge is 2.47. The molecule has 2 N–H and O–H groups in total. The zero-order valence-corrected chi connectivity index (χ0v) is 10.2. The van der Waals surface area contributed by atoms with Gasteiger partial charge in [-0.15, -0.1) is 0 Å². The summed E-state index contributed by atoms with van der Waals surface area (Å²) >= 11 is 0. The lowest BCUT2D eigenvalue weighted by atomic mass is 10.7. The predicted octanol–water partition coefficient (Wildman–Crippen LogP) is 0.435. The van der Waals surface area contributed by atoms with Gasteiger partial charge < -0.3 is 0 Å². The van der Waals surface area contributed by atoms with Crippen LogP contribution in [0.5, 0.6) is 0 Å². The molecule has 0 aliphatic heterocycles. The summed E-state index contributed by atoms with van der Waals surface area (Å²) in [6.07, 6.45) is 0. The number of sulfonamides is 1. The van der Waals surface area contributed by atoms with Crippen molar-refractivity contribution in [3.63, 3.8) is 0 Å². The molecule has 0 aromatic heterocycles. The van der Waals surface area contributed by atoms with Crippen LogP contribution in [0.1, 0.15) is 13.8 Å². The molecule has 0 aromatic rings. The first kappa shape index (κ1) is 15.6. The van der Waals surface area contributed by atoms with Crippen molar-refractivity contribution in [2.45, 2.75) is 19.4 Å². The van der Waals surface area contributed by atoms with Gasteiger partial charge in [0, 0.05) is 13.1 Å². The van der Waals surface area contributed by atoms with Crippen LogP contribution < -0.4 is 5.14 Å². The number of halogens is 3. The van der Waals surface area contributed by atoms with Gasteiger partial charge in [-0.05, 0) is 0 Å². The summed E-state index contributed by atoms with van der Waals surface area (Å²) < 4.78 is 71.6. The molecule has 1 atom stereocenters. The lowest BCUT2D eigenvalue weighted by Gasteiger charge is -2.18. The molecule has 6 nitrogen and oxygen atoms in total. The standard InChI is InChI=1S/C5H12F3N3O3S2/c1-3-11(4-2)16(9,14)10-15(12,13)5(6,7)8/h3-4H2,1-2H3,(H2,9,10,14). The SMILES string of the molecule is CCN(CC)S(N)(=O)=NS(=O)(=O)C(F)(F)F. The molecule has 0 rings (SSSR count). The Morgan fingerprint density at radius 3 is 1.81 bits per heavy atom. The van der Waals surface area contributed by atoms with Gasteiger partial charge in [-0.3, -0.25) is 0 Å². The first-order valence-corrected chi connectivity index (χ1v) is 7.08. The van der Waals surface area contributed by atoms with Gasteiger partial charge in [0.1, 0.15) is 0 Å². The lowest BCUT2D eigenvalue weighted by molar-refractivity contribution is -0.0434. The van der Waals surface area contributed by atoms with Crippen LogP contribution in [-0.2, 0) is 20.1 Å². The molecule has 0 amide bonds. The quantitative estimate of drug-likeness (QED) is 0.811. The Morgan fingerprint density at radius 2 is 1.56 bits per heavy atom. The summed E-state index contributed by atoms with van der Waals surface area (Å²) in [4.78, 5) is 0. The minimum Gasteiger partial charge on any atom is -0.231 e. The highest BCUT2D eigenvalue weighted by atomic mass is 32.3. The maximum absolute atomic E-state index is 12.0. The molecule has 16 heavy (non-hydrogen) atoms. The fourth-order valence-corrected chi connectivity index (χ4v) is 3.40. The van der Waals surface area contributed by atoms with Crippen molar-refractivity contribution < 1.29 is 25.8 Å². The topological polar surface area (TPSA) is 92.8 Å². The smallest absolute Gasteiger partial charge is 0.231 e. The van der Waals surface area contributed by atoms with Gasteiger partial charge in [0.05, 0.1) is 0 Å². The van der Waals surface area contributed by atoms with Crippen LogP contribution in [0.3, 0.4) is 0 Å². The highest BCUT2D eigenvalue weighted by Crippen LogP contribution is 2.25. The molecule has 0 aliphatic rings. The van der Waals surface area contributed by atoms with Crippen molar-refractivity contribution in [1.29, 1.82) is 0 Å². The lowest BCUT2D eigenvalue weighted by Crippen LogP contribution is -2.38. The van der Waals surface area contributed by atoms with E-state index in [9.17, 15) is 25.8 Å². The maximum atomic E-state index is 12.0. The first-order valence-electron chi connectivity index (χ1n) is 4.10. The van der Waals surface area contributed by atoms with Crippen molar-refractivity contribution in [2.75, 3.05) is 13.1 Å². The number of hydrogen-bond acceptors (Lipinski definition) is 3. The van der Waals surface area contributed by atoms with E-state index in [1.54, 1.807) is 0 Å². The highest BCUT2D eigenvalue weighted by molar-refractivity contribution is 8.01. The molecule has 11 heteroatoms. The summed E-state index contributed by atoms with van der Waals surface area (Å²) in [7, 11) is -9.90. The van der Waals surface area contributed by atoms with Crippen LogP contribution in [0.25, 0.3) is 0 Å². The van der Waals surface area contributed by atoms with Crippen molar-refractivity contribution in [3.05, 3.63) is 0 Å². The van der Waals surface area contributed by atoms with Crippen molar-refractivity contribution in [1.82, 2.24) is 4.31 Å². The molecule has 0 spiro atoms. The maximum Gasteiger partial charge on any atom is 0.519 e. The van der Waals surface area contributed by atoms with Gasteiger partial charge in [0.25, 0.3) is 0 Å². The van der Waals surface area contributed by atoms with Crippen molar-refractivity contribution >= 4 is 20.1 Å². The van der Waals surface area contributed by atoms with Crippen molar-refractivity contribution in [2.24, 2.45) is 8.91 Å². The van der Waals surface area contributed by atoms with E-state index in [0.29, 0.717) is 0 Å². The summed E-state index contributed by atoms with van der Waals surface area (Å²) in [5.74, 6) is 0. The van der Waals surface area contributed by atoms with Gasteiger partial charge in [-0.25, -0.2) is 13.7 Å². The van der Waals surface area contributed by atoms with Gasteiger partial charge in [0.15, 0.2) is 10.1 Å². The molecular formula is C5H12F3N3O3S2. The van der Waals surface area contributed by atoms with Crippen LogP contribution in [0.4, 0.5) is 13.2 Å². The second-order valence-electron chi connectivity index (χ2n) is 2.65. The van der Waals surface area contributed by atoms with E-state index in [1.807, 2.05) is 0 Å². The third kappa shape index (κ3) is 3.57. The number of rotatable bonds is 4. The fourth-order valence-electron chi connectivity index (χ4n) is 0.824. The summed E-state index contributed by atoms with van der Waals surface area (Å²) in [6.45, 7) is 2.96. The van der Waals surface area contributed by atoms with Crippen LogP contribution >= 0.6 is 0 Å². The van der Waals surface area contributed by atoms with Crippen LogP contribution in [0, 0.1) is 0 Å². The molecule has 0 aromatic carbocycles. The minimum absolute atomic E-state index is 0.0166. The second kappa shape index (κ2) is 4.85. The predicted molar refractivity (Wildman–Crippen MR) is 52.7 cm³/mol. The normalized spacial score (nSPS) is 17.2. The minimum atomic E-state index is -5.84. The van der Waals surface area contributed by atoms with E-state index >= 15 is 0 Å². The van der Waals surface area contributed by atoms with Crippen LogP contribution in [0.2, 0.25) is 0 Å². The largest absolute Gasteiger partial charge is 0.519 e. The van der Waals surface area contributed by atoms with Crippen molar-refractivity contribution in [3.8, 4) is 0 Å². The third-order valence-corrected chi connectivity index (χ3v) is 5.05. The molecule has 98 valence electrons. The fraction of sp³-hybridized carbons (Fsp3) is 1.00. The average Bonchev–Trinajstić information content (AvgIpc) is 2.00. The van der Waals surface area contributed by atoms with E-state index in [2.05, 4.69) is 3.77 Å². The van der Waals surface area contributed by atoms with Gasteiger partial charge in [-0.2, -0.15) is 21.6 Å². The van der Waals surface area contributed by atoms with E-state index in [4.69, 9.17) is 5.14 Å². The Hall–Kier alpha value is -0.390. The Balaban J connectivity index is 5.59. The van der Waals surface area contributed by atoms with Gasteiger partial charge in [-0.1, -0.05) is 17.6 Å². The van der Waals surface area contributed by atoms with Crippen LogP contribution in [0.15, 0.2) is 3.77 Å². The molecule has 0 radical (unpaired) electrons. The zero-order valence-electron chi connectivity index (χ0n) is 8.56. The molecule has 0 saturated heterocycles. The molecule has 0 heterocycles. The molecule has 0 saturated carbocycles. The zero-order chi connectivity index (χ0) is 13.2. The Bertz CT molecular complexity index is 445. The van der Waals surface area contributed by atoms with E-state index in [-0.39, 0.29) is 13.1 Å². The average molecular weight is 283 g/mol. The summed E-state index contributed by atoms with van der Waals surface area (Å²) in [6, 6.07) is 0. The molecule has 0 fully saturated rings. The Labute approximate surface area is 92.1 Å². The molecule has 1 unspecified atom stereocenters. The van der Waals surface area contributed by atoms with E-state index in [1.165, 1.54) is 13.8 Å². The first-order chi connectivity index (χ1) is 6.98. The number of nitrogens with two attached hydrogens (primary N) is 1. The van der Waals surface area contributed by atoms with Crippen LogP contribution in [-0.4, -0.2) is 35.5 Å². The Morgan fingerprint density at radius 1 is 1.19 bits per heavy atom. The molecular weight excluding hydrogens is 271 g/mol. The number of alkyl halides is 3. The number of hydrogen-bond donors (Lipinski definition) is 1. The number of nitrogens with zero attached hydrogens (tertiary/aromatic N) is 2. The van der Waals surface area contributed by atoms with Gasteiger partial charge in [0.2, 0.25) is 0 Å². The third-order valence-electron chi connectivity index (χ3n) is 1.57. The van der Waals surface area contributed by atoms with E-state index < -0.39 is 25.6 Å². The molecule has 0 bridgehead atoms. The monoisotopic (exact) mass is 283 g/mol. The summed E-state index contributed by atoms with van der Waals surface area (Å²) in [5.41, 5.74) is -5.60. The summed E-state index contributed by atoms with van der Waals surface area (Å²) in [5, 5.41) is 4.97.